The maximum absolute atomic E-state index is 7.70. The molecule has 0 N–H and O–H groups in total. The first-order valence-electron chi connectivity index (χ1n) is 16.1. The predicted octanol–water partition coefficient (Wildman–Crippen LogP) is 10.5. The number of nitrogens with zero attached hydrogens (tertiary/aromatic N) is 3. The molecule has 0 spiro atoms. The normalized spacial score (nSPS) is 13.4. The van der Waals surface area contributed by atoms with Gasteiger partial charge in [0.2, 0.25) is 0 Å². The molecular weight excluding hydrogens is 514 g/mol. The summed E-state index contributed by atoms with van der Waals surface area (Å²) in [6, 6.07) is 28.1. The van der Waals surface area contributed by atoms with E-state index in [1.807, 2.05) is 30.5 Å². The van der Waals surface area contributed by atoms with Gasteiger partial charge in [0.05, 0.1) is 16.8 Å². The lowest BCUT2D eigenvalue weighted by atomic mass is 9.92. The van der Waals surface area contributed by atoms with Gasteiger partial charge in [-0.25, -0.2) is 9.97 Å². The summed E-state index contributed by atoms with van der Waals surface area (Å²) < 4.78 is 32.1. The van der Waals surface area contributed by atoms with Gasteiger partial charge in [-0.2, -0.15) is 0 Å². The minimum atomic E-state index is -2.13. The Kier molecular flexibility index (Phi) is 5.45. The molecule has 0 aliphatic heterocycles. The van der Waals surface area contributed by atoms with Crippen LogP contribution < -0.4 is 0 Å². The van der Waals surface area contributed by atoms with Gasteiger partial charge in [0.25, 0.3) is 0 Å². The third kappa shape index (κ3) is 4.13. The van der Waals surface area contributed by atoms with E-state index in [0.29, 0.717) is 23.0 Å². The lowest BCUT2D eigenvalue weighted by molar-refractivity contribution is 0.669. The average Bonchev–Trinajstić information content (AvgIpc) is 3.59. The number of fused-ring (bicyclic) bond motifs is 4. The van der Waals surface area contributed by atoms with Crippen molar-refractivity contribution < 1.29 is 8.53 Å². The molecule has 0 unspecified atom stereocenters. The fraction of sp³-hybridized carbons (Fsp3) is 0.211. The Morgan fingerprint density at radius 1 is 0.786 bits per heavy atom. The lowest BCUT2D eigenvalue weighted by Gasteiger charge is -2.23. The topological polar surface area (TPSA) is 43.9 Å². The van der Waals surface area contributed by atoms with Gasteiger partial charge >= 0.3 is 0 Å². The van der Waals surface area contributed by atoms with Crippen LogP contribution in [-0.2, 0) is 0 Å². The Hall–Kier alpha value is -4.70. The Bertz CT molecular complexity index is 2190. The number of para-hydroxylation sites is 2. The number of pyridine rings is 1. The molecule has 208 valence electrons. The molecule has 0 fully saturated rings. The molecule has 42 heavy (non-hydrogen) atoms. The van der Waals surface area contributed by atoms with E-state index in [4.69, 9.17) is 18.5 Å². The molecule has 0 amide bonds. The molecule has 4 heteroatoms. The van der Waals surface area contributed by atoms with E-state index in [9.17, 15) is 0 Å². The molecule has 3 heterocycles. The minimum Gasteiger partial charge on any atom is -0.455 e. The van der Waals surface area contributed by atoms with Gasteiger partial charge in [-0.05, 0) is 77.7 Å². The molecule has 3 aromatic heterocycles. The second-order valence-electron chi connectivity index (χ2n) is 11.7. The van der Waals surface area contributed by atoms with Crippen molar-refractivity contribution in [3.05, 3.63) is 113 Å². The zero-order valence-electron chi connectivity index (χ0n) is 27.6. The number of hydrogen-bond donors (Lipinski definition) is 0. The molecule has 0 aliphatic rings. The highest BCUT2D eigenvalue weighted by Crippen LogP contribution is 2.41. The van der Waals surface area contributed by atoms with Crippen molar-refractivity contribution in [3.63, 3.8) is 0 Å². The zero-order valence-corrected chi connectivity index (χ0v) is 24.6. The van der Waals surface area contributed by atoms with Crippen LogP contribution in [0.25, 0.3) is 61.3 Å². The zero-order chi connectivity index (χ0) is 31.6. The van der Waals surface area contributed by atoms with E-state index >= 15 is 0 Å². The first-order chi connectivity index (χ1) is 21.5. The molecular formula is C38H35N3O. The quantitative estimate of drug-likeness (QED) is 0.213. The maximum Gasteiger partial charge on any atom is 0.178 e. The third-order valence-electron chi connectivity index (χ3n) is 8.28. The van der Waals surface area contributed by atoms with Crippen LogP contribution in [0.3, 0.4) is 0 Å². The highest BCUT2D eigenvalue weighted by atomic mass is 16.3. The number of rotatable bonds is 5. The molecule has 0 saturated carbocycles. The van der Waals surface area contributed by atoms with Gasteiger partial charge in [0, 0.05) is 21.1 Å². The summed E-state index contributed by atoms with van der Waals surface area (Å²) >= 11 is 0. The summed E-state index contributed by atoms with van der Waals surface area (Å²) in [5.74, 6) is 1.40. The minimum absolute atomic E-state index is 0.301. The van der Waals surface area contributed by atoms with Crippen LogP contribution in [-0.4, -0.2) is 14.5 Å². The largest absolute Gasteiger partial charge is 0.455 e. The van der Waals surface area contributed by atoms with Gasteiger partial charge in [-0.1, -0.05) is 93.9 Å². The summed E-state index contributed by atoms with van der Waals surface area (Å²) in [6.07, 6.45) is 1.82. The molecule has 0 bridgehead atoms. The van der Waals surface area contributed by atoms with Crippen molar-refractivity contribution >= 4 is 33.1 Å². The van der Waals surface area contributed by atoms with Crippen molar-refractivity contribution in [2.45, 2.75) is 53.3 Å². The Balaban J connectivity index is 1.48. The number of furan rings is 1. The maximum atomic E-state index is 7.70. The first-order valence-corrected chi connectivity index (χ1v) is 14.6. The Morgan fingerprint density at radius 2 is 1.50 bits per heavy atom. The van der Waals surface area contributed by atoms with Gasteiger partial charge in [0.1, 0.15) is 11.2 Å². The lowest BCUT2D eigenvalue weighted by Crippen LogP contribution is -2.09. The molecule has 7 rings (SSSR count). The first kappa shape index (κ1) is 22.9. The summed E-state index contributed by atoms with van der Waals surface area (Å²) in [5, 5.41) is 2.02. The van der Waals surface area contributed by atoms with E-state index in [-0.39, 0.29) is 0 Å². The van der Waals surface area contributed by atoms with Gasteiger partial charge in [-0.15, -0.1) is 0 Å². The Labute approximate surface area is 250 Å². The summed E-state index contributed by atoms with van der Waals surface area (Å²) in [4.78, 5) is 9.90. The van der Waals surface area contributed by atoms with Crippen molar-refractivity contribution in [3.8, 4) is 28.2 Å². The van der Waals surface area contributed by atoms with Crippen LogP contribution >= 0.6 is 0 Å². The van der Waals surface area contributed by atoms with Crippen molar-refractivity contribution in [1.82, 2.24) is 14.5 Å². The van der Waals surface area contributed by atoms with E-state index < -0.39 is 6.85 Å². The van der Waals surface area contributed by atoms with Gasteiger partial charge in [-0.3, -0.25) is 4.57 Å². The summed E-state index contributed by atoms with van der Waals surface area (Å²) in [7, 11) is 0. The molecule has 7 aromatic rings. The number of imidazole rings is 1. The van der Waals surface area contributed by atoms with E-state index in [0.717, 1.165) is 61.2 Å². The second-order valence-corrected chi connectivity index (χ2v) is 11.7. The van der Waals surface area contributed by atoms with Crippen LogP contribution in [0, 0.1) is 13.8 Å². The van der Waals surface area contributed by atoms with Crippen molar-refractivity contribution in [2.75, 3.05) is 0 Å². The van der Waals surface area contributed by atoms with Crippen LogP contribution in [0.4, 0.5) is 0 Å². The van der Waals surface area contributed by atoms with Crippen LogP contribution in [0.1, 0.15) is 65.9 Å². The molecule has 4 nitrogen and oxygen atoms in total. The van der Waals surface area contributed by atoms with Gasteiger partial charge in [0.15, 0.2) is 11.5 Å². The molecule has 0 aliphatic carbocycles. The molecule has 0 saturated heterocycles. The van der Waals surface area contributed by atoms with Gasteiger partial charge < -0.3 is 4.42 Å². The van der Waals surface area contributed by atoms with E-state index in [1.165, 1.54) is 11.1 Å². The van der Waals surface area contributed by atoms with Crippen molar-refractivity contribution in [2.24, 2.45) is 0 Å². The smallest absolute Gasteiger partial charge is 0.178 e. The van der Waals surface area contributed by atoms with E-state index in [2.05, 4.69) is 87.7 Å². The van der Waals surface area contributed by atoms with E-state index in [1.54, 1.807) is 12.1 Å². The SMILES string of the molecule is [2H]C([2H])([2H])c1ccc(-c2ccc3c(c2)oc2c(-c4nc5nccc(C)c5n4-c4c(C(C)C)cccc4C(C)C)cccc23)cc1. The summed E-state index contributed by atoms with van der Waals surface area (Å²) in [5.41, 5.74) is 11.1. The predicted molar refractivity (Wildman–Crippen MR) is 175 cm³/mol. The van der Waals surface area contributed by atoms with Crippen molar-refractivity contribution in [1.29, 1.82) is 0 Å². The van der Waals surface area contributed by atoms with Crippen LogP contribution in [0.2, 0.25) is 0 Å². The highest BCUT2D eigenvalue weighted by Gasteiger charge is 2.25. The monoisotopic (exact) mass is 552 g/mol. The fourth-order valence-corrected chi connectivity index (χ4v) is 6.14. The summed E-state index contributed by atoms with van der Waals surface area (Å²) in [6.45, 7) is 8.94. The second kappa shape index (κ2) is 9.99. The highest BCUT2D eigenvalue weighted by molar-refractivity contribution is 6.10. The van der Waals surface area contributed by atoms with Crippen LogP contribution in [0.5, 0.6) is 0 Å². The molecule has 0 atom stereocenters. The number of hydrogen-bond acceptors (Lipinski definition) is 3. The fourth-order valence-electron chi connectivity index (χ4n) is 6.14. The van der Waals surface area contributed by atoms with Crippen LogP contribution in [0.15, 0.2) is 95.5 Å². The third-order valence-corrected chi connectivity index (χ3v) is 8.28. The number of aryl methyl sites for hydroxylation is 2. The number of benzene rings is 4. The Morgan fingerprint density at radius 3 is 2.21 bits per heavy atom. The number of aromatic nitrogens is 3. The average molecular weight is 553 g/mol. The standard InChI is InChI=1S/C38H35N3O/c1-22(2)28-9-7-10-29(23(3)4)35(28)41-34-25(6)19-20-39-37(34)40-38(41)32-12-8-11-31-30-18-17-27(21-33(30)42-36(31)32)26-15-13-24(5)14-16-26/h7-23H,1-6H3/i5D3. The molecule has 4 aromatic carbocycles. The molecule has 0 radical (unpaired) electrons.